The second-order valence-corrected chi connectivity index (χ2v) is 4.74. The van der Waals surface area contributed by atoms with Gasteiger partial charge in [0.05, 0.1) is 13.7 Å². The van der Waals surface area contributed by atoms with Crippen LogP contribution in [0.3, 0.4) is 0 Å². The van der Waals surface area contributed by atoms with Crippen LogP contribution in [0.2, 0.25) is 0 Å². The number of esters is 1. The summed E-state index contributed by atoms with van der Waals surface area (Å²) in [5.74, 6) is 0.453. The quantitative estimate of drug-likeness (QED) is 0.808. The van der Waals surface area contributed by atoms with Gasteiger partial charge in [0, 0.05) is 6.04 Å². The Morgan fingerprint density at radius 2 is 2.24 bits per heavy atom. The molecule has 92 valence electrons. The summed E-state index contributed by atoms with van der Waals surface area (Å²) in [5.41, 5.74) is 2.73. The highest BCUT2D eigenvalue weighted by molar-refractivity contribution is 5.71. The predicted molar refractivity (Wildman–Crippen MR) is 67.0 cm³/mol. The molecule has 0 bridgehead atoms. The molecule has 1 N–H and O–H groups in total. The largest absolute Gasteiger partial charge is 0.468 e. The fraction of sp³-hybridized carbons (Fsp3) is 0.500. The molecule has 1 aliphatic rings. The molecule has 1 saturated carbocycles. The number of carbonyl (C=O) groups is 1. The van der Waals surface area contributed by atoms with Crippen LogP contribution in [0.1, 0.15) is 29.9 Å². The third-order valence-electron chi connectivity index (χ3n) is 3.41. The molecule has 0 aliphatic heterocycles. The Morgan fingerprint density at radius 3 is 2.88 bits per heavy atom. The molecule has 1 aromatic rings. The molecule has 0 saturated heterocycles. The van der Waals surface area contributed by atoms with E-state index in [1.165, 1.54) is 18.2 Å². The molecule has 0 unspecified atom stereocenters. The normalized spacial score (nSPS) is 22.9. The molecular formula is C14H19NO2. The molecular weight excluding hydrogens is 214 g/mol. The van der Waals surface area contributed by atoms with Gasteiger partial charge in [-0.25, -0.2) is 0 Å². The van der Waals surface area contributed by atoms with E-state index in [4.69, 9.17) is 0 Å². The van der Waals surface area contributed by atoms with E-state index in [-0.39, 0.29) is 5.97 Å². The SMILES string of the molecule is COC(=O)CNC1CC(c2cccc(C)c2)C1. The van der Waals surface area contributed by atoms with Crippen LogP contribution < -0.4 is 5.32 Å². The first-order valence-electron chi connectivity index (χ1n) is 6.06. The number of carbonyl (C=O) groups excluding carboxylic acids is 1. The molecule has 0 heterocycles. The number of methoxy groups -OCH3 is 1. The summed E-state index contributed by atoms with van der Waals surface area (Å²) in [6, 6.07) is 9.13. The highest BCUT2D eigenvalue weighted by atomic mass is 16.5. The Bertz CT molecular complexity index is 397. The van der Waals surface area contributed by atoms with E-state index in [0.29, 0.717) is 18.5 Å². The Hall–Kier alpha value is -1.35. The number of hydrogen-bond acceptors (Lipinski definition) is 3. The van der Waals surface area contributed by atoms with E-state index in [9.17, 15) is 4.79 Å². The molecule has 2 rings (SSSR count). The number of nitrogens with one attached hydrogen (secondary N) is 1. The first-order valence-corrected chi connectivity index (χ1v) is 6.06. The van der Waals surface area contributed by atoms with Crippen molar-refractivity contribution in [1.29, 1.82) is 0 Å². The summed E-state index contributed by atoms with van der Waals surface area (Å²) in [6.07, 6.45) is 2.22. The second kappa shape index (κ2) is 5.32. The number of hydrogen-bond donors (Lipinski definition) is 1. The highest BCUT2D eigenvalue weighted by Gasteiger charge is 2.30. The Labute approximate surface area is 102 Å². The minimum Gasteiger partial charge on any atom is -0.468 e. The maximum atomic E-state index is 11.0. The van der Waals surface area contributed by atoms with Gasteiger partial charge in [0.2, 0.25) is 0 Å². The number of ether oxygens (including phenoxy) is 1. The molecule has 0 spiro atoms. The van der Waals surface area contributed by atoms with Crippen LogP contribution in [0.4, 0.5) is 0 Å². The van der Waals surface area contributed by atoms with Crippen LogP contribution >= 0.6 is 0 Å². The lowest BCUT2D eigenvalue weighted by Crippen LogP contribution is -2.42. The second-order valence-electron chi connectivity index (χ2n) is 4.74. The Morgan fingerprint density at radius 1 is 1.47 bits per heavy atom. The number of benzene rings is 1. The van der Waals surface area contributed by atoms with Gasteiger partial charge in [0.15, 0.2) is 0 Å². The van der Waals surface area contributed by atoms with Crippen LogP contribution in [0, 0.1) is 6.92 Å². The third-order valence-corrected chi connectivity index (χ3v) is 3.41. The Kier molecular flexibility index (Phi) is 3.79. The monoisotopic (exact) mass is 233 g/mol. The van der Waals surface area contributed by atoms with Gasteiger partial charge in [-0.3, -0.25) is 4.79 Å². The zero-order valence-corrected chi connectivity index (χ0v) is 10.4. The zero-order chi connectivity index (χ0) is 12.3. The van der Waals surface area contributed by atoms with E-state index >= 15 is 0 Å². The zero-order valence-electron chi connectivity index (χ0n) is 10.4. The van der Waals surface area contributed by atoms with Gasteiger partial charge >= 0.3 is 5.97 Å². The first-order chi connectivity index (χ1) is 8.19. The molecule has 1 aliphatic carbocycles. The lowest BCUT2D eigenvalue weighted by molar-refractivity contribution is -0.139. The van der Waals surface area contributed by atoms with E-state index in [0.717, 1.165) is 12.8 Å². The Balaban J connectivity index is 1.77. The van der Waals surface area contributed by atoms with E-state index < -0.39 is 0 Å². The van der Waals surface area contributed by atoms with Gasteiger partial charge in [0.25, 0.3) is 0 Å². The van der Waals surface area contributed by atoms with Gasteiger partial charge in [-0.15, -0.1) is 0 Å². The number of aryl methyl sites for hydroxylation is 1. The summed E-state index contributed by atoms with van der Waals surface area (Å²) in [4.78, 5) is 11.0. The van der Waals surface area contributed by atoms with Crippen LogP contribution in [0.5, 0.6) is 0 Å². The van der Waals surface area contributed by atoms with Crippen molar-refractivity contribution >= 4 is 5.97 Å². The van der Waals surface area contributed by atoms with Gasteiger partial charge in [-0.1, -0.05) is 29.8 Å². The van der Waals surface area contributed by atoms with Gasteiger partial charge in [0.1, 0.15) is 0 Å². The topological polar surface area (TPSA) is 38.3 Å². The van der Waals surface area contributed by atoms with Crippen LogP contribution in [0.25, 0.3) is 0 Å². The minimum absolute atomic E-state index is 0.191. The molecule has 3 heteroatoms. The molecule has 3 nitrogen and oxygen atoms in total. The molecule has 1 fully saturated rings. The van der Waals surface area contributed by atoms with Gasteiger partial charge in [-0.05, 0) is 31.2 Å². The van der Waals surface area contributed by atoms with E-state index in [1.807, 2.05) is 0 Å². The first kappa shape index (κ1) is 12.1. The van der Waals surface area contributed by atoms with Crippen molar-refractivity contribution < 1.29 is 9.53 Å². The molecule has 0 amide bonds. The van der Waals surface area contributed by atoms with E-state index in [1.54, 1.807) is 0 Å². The molecule has 0 radical (unpaired) electrons. The van der Waals surface area contributed by atoms with E-state index in [2.05, 4.69) is 41.2 Å². The van der Waals surface area contributed by atoms with Crippen LogP contribution in [0.15, 0.2) is 24.3 Å². The summed E-state index contributed by atoms with van der Waals surface area (Å²) in [7, 11) is 1.42. The van der Waals surface area contributed by atoms with Crippen molar-refractivity contribution in [3.8, 4) is 0 Å². The maximum Gasteiger partial charge on any atom is 0.319 e. The molecule has 17 heavy (non-hydrogen) atoms. The summed E-state index contributed by atoms with van der Waals surface area (Å²) in [5, 5.41) is 3.21. The highest BCUT2D eigenvalue weighted by Crippen LogP contribution is 2.36. The summed E-state index contributed by atoms with van der Waals surface area (Å²) < 4.78 is 4.59. The lowest BCUT2D eigenvalue weighted by atomic mass is 9.75. The van der Waals surface area contributed by atoms with Gasteiger partial charge < -0.3 is 10.1 Å². The van der Waals surface area contributed by atoms with Crippen LogP contribution in [-0.2, 0) is 9.53 Å². The fourth-order valence-corrected chi connectivity index (χ4v) is 2.28. The predicted octanol–water partition coefficient (Wildman–Crippen LogP) is 2.00. The average Bonchev–Trinajstić information content (AvgIpc) is 2.26. The fourth-order valence-electron chi connectivity index (χ4n) is 2.28. The van der Waals surface area contributed by atoms with Crippen molar-refractivity contribution in [3.05, 3.63) is 35.4 Å². The van der Waals surface area contributed by atoms with Crippen molar-refractivity contribution in [3.63, 3.8) is 0 Å². The van der Waals surface area contributed by atoms with Crippen molar-refractivity contribution in [2.24, 2.45) is 0 Å². The lowest BCUT2D eigenvalue weighted by Gasteiger charge is -2.36. The van der Waals surface area contributed by atoms with Crippen molar-refractivity contribution in [2.75, 3.05) is 13.7 Å². The van der Waals surface area contributed by atoms with Crippen molar-refractivity contribution in [1.82, 2.24) is 5.32 Å². The molecule has 0 atom stereocenters. The van der Waals surface area contributed by atoms with Gasteiger partial charge in [-0.2, -0.15) is 0 Å². The standard InChI is InChI=1S/C14H19NO2/c1-10-4-3-5-11(6-10)12-7-13(8-12)15-9-14(16)17-2/h3-6,12-13,15H,7-9H2,1-2H3. The minimum atomic E-state index is -0.191. The summed E-state index contributed by atoms with van der Waals surface area (Å²) in [6.45, 7) is 2.44. The van der Waals surface area contributed by atoms with Crippen LogP contribution in [-0.4, -0.2) is 25.7 Å². The maximum absolute atomic E-state index is 11.0. The van der Waals surface area contributed by atoms with Crippen molar-refractivity contribution in [2.45, 2.75) is 31.7 Å². The molecule has 0 aromatic heterocycles. The summed E-state index contributed by atoms with van der Waals surface area (Å²) >= 11 is 0. The number of rotatable bonds is 4. The average molecular weight is 233 g/mol. The smallest absolute Gasteiger partial charge is 0.319 e. The molecule has 1 aromatic carbocycles. The third kappa shape index (κ3) is 3.07.